The van der Waals surface area contributed by atoms with Crippen molar-refractivity contribution in [2.45, 2.75) is 25.8 Å². The second-order valence-corrected chi connectivity index (χ2v) is 4.77. The highest BCUT2D eigenvalue weighted by Gasteiger charge is 2.22. The van der Waals surface area contributed by atoms with E-state index >= 15 is 0 Å². The van der Waals surface area contributed by atoms with Crippen molar-refractivity contribution in [3.05, 3.63) is 11.1 Å². The molecule has 16 heavy (non-hydrogen) atoms. The van der Waals surface area contributed by atoms with Gasteiger partial charge >= 0.3 is 0 Å². The lowest BCUT2D eigenvalue weighted by Crippen LogP contribution is -2.44. The summed E-state index contributed by atoms with van der Waals surface area (Å²) in [7, 11) is 0. The van der Waals surface area contributed by atoms with E-state index in [-0.39, 0.29) is 11.9 Å². The third kappa shape index (κ3) is 2.76. The molecule has 0 spiro atoms. The van der Waals surface area contributed by atoms with Crippen LogP contribution in [0.3, 0.4) is 0 Å². The molecular formula is C10H16N4OS. The average Bonchev–Trinajstić information content (AvgIpc) is 2.83. The number of amides is 1. The first kappa shape index (κ1) is 11.5. The van der Waals surface area contributed by atoms with E-state index in [1.54, 1.807) is 5.38 Å². The minimum atomic E-state index is -0.119. The summed E-state index contributed by atoms with van der Waals surface area (Å²) in [6.45, 7) is 4.12. The fourth-order valence-corrected chi connectivity index (χ4v) is 2.40. The minimum Gasteiger partial charge on any atom is -0.348 e. The van der Waals surface area contributed by atoms with Gasteiger partial charge in [-0.25, -0.2) is 0 Å². The second-order valence-electron chi connectivity index (χ2n) is 4.16. The van der Waals surface area contributed by atoms with Crippen LogP contribution in [0.4, 0.5) is 0 Å². The highest BCUT2D eigenvalue weighted by atomic mass is 32.1. The van der Waals surface area contributed by atoms with E-state index in [1.807, 2.05) is 0 Å². The van der Waals surface area contributed by atoms with Crippen LogP contribution in [0.2, 0.25) is 0 Å². The predicted octanol–water partition coefficient (Wildman–Crippen LogP) is 0.656. The van der Waals surface area contributed by atoms with E-state index in [4.69, 9.17) is 0 Å². The topological polar surface area (TPSA) is 66.9 Å². The van der Waals surface area contributed by atoms with E-state index in [2.05, 4.69) is 27.1 Å². The molecule has 1 saturated heterocycles. The molecule has 6 heteroatoms. The number of hydrogen-bond acceptors (Lipinski definition) is 5. The van der Waals surface area contributed by atoms with Crippen molar-refractivity contribution in [2.24, 2.45) is 5.92 Å². The summed E-state index contributed by atoms with van der Waals surface area (Å²) in [6, 6.07) is 0.182. The highest BCUT2D eigenvalue weighted by molar-refractivity contribution is 7.03. The van der Waals surface area contributed by atoms with E-state index in [1.165, 1.54) is 24.4 Å². The molecule has 2 N–H and O–H groups in total. The van der Waals surface area contributed by atoms with Gasteiger partial charge in [0.25, 0.3) is 5.91 Å². The number of carbonyl (C=O) groups excluding carboxylic acids is 1. The van der Waals surface area contributed by atoms with Crippen LogP contribution >= 0.6 is 11.5 Å². The zero-order chi connectivity index (χ0) is 11.4. The first-order valence-corrected chi connectivity index (χ1v) is 6.39. The molecule has 1 aliphatic rings. The lowest BCUT2D eigenvalue weighted by Gasteiger charge is -2.28. The fourth-order valence-electron chi connectivity index (χ4n) is 1.97. The minimum absolute atomic E-state index is 0.119. The van der Waals surface area contributed by atoms with Gasteiger partial charge < -0.3 is 10.6 Å². The number of nitrogens with zero attached hydrogens (tertiary/aromatic N) is 2. The number of rotatable bonds is 3. The van der Waals surface area contributed by atoms with Gasteiger partial charge in [0.1, 0.15) is 0 Å². The highest BCUT2D eigenvalue weighted by Crippen LogP contribution is 2.14. The summed E-state index contributed by atoms with van der Waals surface area (Å²) in [4.78, 5) is 11.7. The van der Waals surface area contributed by atoms with Gasteiger partial charge in [-0.2, -0.15) is 0 Å². The summed E-state index contributed by atoms with van der Waals surface area (Å²) in [6.07, 6.45) is 2.35. The van der Waals surface area contributed by atoms with Crippen LogP contribution in [0.25, 0.3) is 0 Å². The Morgan fingerprint density at radius 1 is 1.75 bits per heavy atom. The monoisotopic (exact) mass is 240 g/mol. The Kier molecular flexibility index (Phi) is 3.84. The molecule has 5 nitrogen and oxygen atoms in total. The van der Waals surface area contributed by atoms with Gasteiger partial charge in [-0.15, -0.1) is 5.10 Å². The summed E-state index contributed by atoms with van der Waals surface area (Å²) in [5.74, 6) is 0.399. The SMILES string of the molecule is CC(NC(=O)c1csnn1)C1CCCNC1. The van der Waals surface area contributed by atoms with Gasteiger partial charge in [0.2, 0.25) is 0 Å². The summed E-state index contributed by atoms with van der Waals surface area (Å²) < 4.78 is 3.68. The molecule has 2 atom stereocenters. The van der Waals surface area contributed by atoms with E-state index in [9.17, 15) is 4.79 Å². The molecule has 0 radical (unpaired) electrons. The van der Waals surface area contributed by atoms with Gasteiger partial charge in [0.15, 0.2) is 5.69 Å². The normalized spacial score (nSPS) is 22.7. The maximum absolute atomic E-state index is 11.7. The Hall–Kier alpha value is -1.01. The largest absolute Gasteiger partial charge is 0.348 e. The van der Waals surface area contributed by atoms with Crippen molar-refractivity contribution in [1.29, 1.82) is 0 Å². The Labute approximate surface area is 98.8 Å². The van der Waals surface area contributed by atoms with E-state index < -0.39 is 0 Å². The molecule has 2 rings (SSSR count). The van der Waals surface area contributed by atoms with Crippen LogP contribution in [0, 0.1) is 5.92 Å². The molecule has 1 aromatic heterocycles. The van der Waals surface area contributed by atoms with E-state index in [0.29, 0.717) is 11.6 Å². The average molecular weight is 240 g/mol. The Bertz CT molecular complexity index is 335. The smallest absolute Gasteiger partial charge is 0.272 e. The summed E-state index contributed by atoms with van der Waals surface area (Å²) in [5, 5.41) is 11.7. The maximum Gasteiger partial charge on any atom is 0.272 e. The lowest BCUT2D eigenvalue weighted by atomic mass is 9.93. The molecule has 0 bridgehead atoms. The molecule has 1 amide bonds. The fraction of sp³-hybridized carbons (Fsp3) is 0.700. The molecular weight excluding hydrogens is 224 g/mol. The molecule has 1 aliphatic heterocycles. The van der Waals surface area contributed by atoms with Gasteiger partial charge in [0, 0.05) is 11.4 Å². The number of hydrogen-bond donors (Lipinski definition) is 2. The molecule has 2 heterocycles. The van der Waals surface area contributed by atoms with Crippen molar-refractivity contribution in [3.63, 3.8) is 0 Å². The first-order chi connectivity index (χ1) is 7.77. The number of piperidine rings is 1. The maximum atomic E-state index is 11.7. The van der Waals surface area contributed by atoms with Crippen LogP contribution < -0.4 is 10.6 Å². The first-order valence-electron chi connectivity index (χ1n) is 5.56. The number of nitrogens with one attached hydrogen (secondary N) is 2. The van der Waals surface area contributed by atoms with Gasteiger partial charge in [0.05, 0.1) is 0 Å². The molecule has 0 saturated carbocycles. The Morgan fingerprint density at radius 3 is 3.25 bits per heavy atom. The molecule has 1 fully saturated rings. The zero-order valence-corrected chi connectivity index (χ0v) is 10.1. The van der Waals surface area contributed by atoms with Crippen molar-refractivity contribution in [1.82, 2.24) is 20.2 Å². The molecule has 0 aliphatic carbocycles. The molecule has 0 aromatic carbocycles. The van der Waals surface area contributed by atoms with Crippen LogP contribution in [0.1, 0.15) is 30.3 Å². The quantitative estimate of drug-likeness (QED) is 0.814. The van der Waals surface area contributed by atoms with Crippen LogP contribution in [0.15, 0.2) is 5.38 Å². The lowest BCUT2D eigenvalue weighted by molar-refractivity contribution is 0.0917. The van der Waals surface area contributed by atoms with Gasteiger partial charge in [-0.05, 0) is 50.3 Å². The van der Waals surface area contributed by atoms with Crippen LogP contribution in [0.5, 0.6) is 0 Å². The standard InChI is InChI=1S/C10H16N4OS/c1-7(8-3-2-4-11-5-8)12-10(15)9-6-16-14-13-9/h6-8,11H,2-5H2,1H3,(H,12,15). The predicted molar refractivity (Wildman–Crippen MR) is 62.4 cm³/mol. The van der Waals surface area contributed by atoms with Crippen molar-refractivity contribution in [2.75, 3.05) is 13.1 Å². The molecule has 88 valence electrons. The van der Waals surface area contributed by atoms with Crippen LogP contribution in [-0.2, 0) is 0 Å². The van der Waals surface area contributed by atoms with Crippen molar-refractivity contribution >= 4 is 17.4 Å². The summed E-state index contributed by atoms with van der Waals surface area (Å²) >= 11 is 1.20. The molecule has 2 unspecified atom stereocenters. The van der Waals surface area contributed by atoms with Gasteiger partial charge in [-0.1, -0.05) is 4.49 Å². The Morgan fingerprint density at radius 2 is 2.62 bits per heavy atom. The second kappa shape index (κ2) is 5.36. The number of carbonyl (C=O) groups is 1. The van der Waals surface area contributed by atoms with Crippen molar-refractivity contribution in [3.8, 4) is 0 Å². The zero-order valence-electron chi connectivity index (χ0n) is 9.27. The third-order valence-corrected chi connectivity index (χ3v) is 3.50. The van der Waals surface area contributed by atoms with Crippen LogP contribution in [-0.4, -0.2) is 34.6 Å². The molecule has 1 aromatic rings. The van der Waals surface area contributed by atoms with Crippen molar-refractivity contribution < 1.29 is 4.79 Å². The Balaban J connectivity index is 1.86. The third-order valence-electron chi connectivity index (χ3n) is 2.99. The van der Waals surface area contributed by atoms with Gasteiger partial charge in [-0.3, -0.25) is 4.79 Å². The van der Waals surface area contributed by atoms with E-state index in [0.717, 1.165) is 13.1 Å². The number of aromatic nitrogens is 2. The summed E-state index contributed by atoms with van der Waals surface area (Å²) in [5.41, 5.74) is 0.417.